The number of carbonyl (C=O) groups is 1. The van der Waals surface area contributed by atoms with E-state index in [0.717, 1.165) is 24.6 Å². The first-order valence-electron chi connectivity index (χ1n) is 8.19. The van der Waals surface area contributed by atoms with Crippen LogP contribution in [0.4, 0.5) is 8.78 Å². The molecule has 2 rings (SSSR count). The first-order valence-corrected chi connectivity index (χ1v) is 8.19. The topological polar surface area (TPSA) is 55.8 Å². The van der Waals surface area contributed by atoms with E-state index in [1.807, 2.05) is 13.8 Å². The van der Waals surface area contributed by atoms with Crippen molar-refractivity contribution in [2.75, 3.05) is 13.2 Å². The summed E-state index contributed by atoms with van der Waals surface area (Å²) in [6.45, 7) is 4.90. The molecule has 1 aliphatic heterocycles. The van der Waals surface area contributed by atoms with Crippen LogP contribution in [0.15, 0.2) is 36.2 Å². The Morgan fingerprint density at radius 1 is 1.48 bits per heavy atom. The molecular weight excluding hydrogens is 330 g/mol. The summed E-state index contributed by atoms with van der Waals surface area (Å²) in [5.41, 5.74) is 0.919. The molecule has 0 amide bonds. The van der Waals surface area contributed by atoms with Gasteiger partial charge in [-0.15, -0.1) is 0 Å². The number of hydrogen-bond acceptors (Lipinski definition) is 3. The molecule has 1 aromatic rings. The minimum Gasteiger partial charge on any atom is -0.488 e. The van der Waals surface area contributed by atoms with Gasteiger partial charge < -0.3 is 14.6 Å². The lowest BCUT2D eigenvalue weighted by molar-refractivity contribution is -0.131. The van der Waals surface area contributed by atoms with E-state index in [9.17, 15) is 13.6 Å². The molecule has 1 unspecified atom stereocenters. The molecule has 1 fully saturated rings. The van der Waals surface area contributed by atoms with Crippen molar-refractivity contribution in [2.24, 2.45) is 0 Å². The molecule has 1 N–H and O–H groups in total. The Kier molecular flexibility index (Phi) is 6.70. The van der Waals surface area contributed by atoms with Gasteiger partial charge in [0.25, 0.3) is 0 Å². The maximum atomic E-state index is 14.5. The number of rotatable bonds is 7. The Morgan fingerprint density at radius 2 is 2.24 bits per heavy atom. The van der Waals surface area contributed by atoms with Crippen LogP contribution in [0.1, 0.15) is 37.3 Å². The summed E-state index contributed by atoms with van der Waals surface area (Å²) >= 11 is 0. The van der Waals surface area contributed by atoms with Crippen LogP contribution in [0.5, 0.6) is 5.75 Å². The Hall–Kier alpha value is -2.21. The highest BCUT2D eigenvalue weighted by atomic mass is 19.1. The third kappa shape index (κ3) is 5.67. The van der Waals surface area contributed by atoms with Gasteiger partial charge in [0.2, 0.25) is 0 Å². The fraction of sp³-hybridized carbons (Fsp3) is 0.421. The van der Waals surface area contributed by atoms with Crippen molar-refractivity contribution in [3.8, 4) is 5.75 Å². The average molecular weight is 352 g/mol. The minimum absolute atomic E-state index is 0.0183. The first kappa shape index (κ1) is 19.1. The number of ether oxygens (including phenoxy) is 2. The highest BCUT2D eigenvalue weighted by Crippen LogP contribution is 2.30. The summed E-state index contributed by atoms with van der Waals surface area (Å²) in [7, 11) is 0. The molecule has 0 aromatic heterocycles. The zero-order valence-electron chi connectivity index (χ0n) is 14.3. The van der Waals surface area contributed by atoms with E-state index >= 15 is 0 Å². The molecule has 4 nitrogen and oxygen atoms in total. The van der Waals surface area contributed by atoms with E-state index in [4.69, 9.17) is 14.6 Å². The third-order valence-electron chi connectivity index (χ3n) is 3.88. The van der Waals surface area contributed by atoms with Gasteiger partial charge in [-0.2, -0.15) is 0 Å². The van der Waals surface area contributed by atoms with E-state index in [-0.39, 0.29) is 24.0 Å². The molecule has 1 heterocycles. The van der Waals surface area contributed by atoms with Crippen LogP contribution in [-0.2, 0) is 16.0 Å². The van der Waals surface area contributed by atoms with E-state index < -0.39 is 17.6 Å². The number of aliphatic carboxylic acids is 1. The number of carboxylic acids is 1. The van der Waals surface area contributed by atoms with E-state index in [1.54, 1.807) is 6.07 Å². The van der Waals surface area contributed by atoms with Gasteiger partial charge >= 0.3 is 5.97 Å². The zero-order chi connectivity index (χ0) is 18.4. The van der Waals surface area contributed by atoms with Gasteiger partial charge in [-0.1, -0.05) is 19.9 Å². The summed E-state index contributed by atoms with van der Waals surface area (Å²) in [6, 6.07) is 3.00. The predicted octanol–water partition coefficient (Wildman–Crippen LogP) is 4.15. The second-order valence-corrected chi connectivity index (χ2v) is 6.22. The van der Waals surface area contributed by atoms with Crippen molar-refractivity contribution in [2.45, 2.75) is 38.7 Å². The monoisotopic (exact) mass is 352 g/mol. The van der Waals surface area contributed by atoms with Crippen molar-refractivity contribution in [3.05, 3.63) is 53.1 Å². The second-order valence-electron chi connectivity index (χ2n) is 6.22. The fourth-order valence-electron chi connectivity index (χ4n) is 2.66. The Balaban J connectivity index is 2.22. The summed E-state index contributed by atoms with van der Waals surface area (Å²) in [5.74, 6) is -1.93. The van der Waals surface area contributed by atoms with Gasteiger partial charge in [0.1, 0.15) is 23.5 Å². The SMILES string of the molecule is CC(C)c1cc(OC2CCOC2)cc(F)c1C/C(F)=C\C=C\C(=O)O. The molecule has 0 spiro atoms. The number of benzene rings is 1. The summed E-state index contributed by atoms with van der Waals surface area (Å²) in [4.78, 5) is 10.4. The molecule has 0 saturated carbocycles. The van der Waals surface area contributed by atoms with Gasteiger partial charge in [0.05, 0.1) is 13.2 Å². The van der Waals surface area contributed by atoms with Crippen molar-refractivity contribution >= 4 is 5.97 Å². The zero-order valence-corrected chi connectivity index (χ0v) is 14.3. The molecule has 1 aliphatic rings. The van der Waals surface area contributed by atoms with Crippen molar-refractivity contribution in [1.82, 2.24) is 0 Å². The highest BCUT2D eigenvalue weighted by molar-refractivity contribution is 5.80. The van der Waals surface area contributed by atoms with Gasteiger partial charge in [0, 0.05) is 25.0 Å². The molecule has 25 heavy (non-hydrogen) atoms. The Labute approximate surface area is 145 Å². The van der Waals surface area contributed by atoms with Crippen LogP contribution >= 0.6 is 0 Å². The van der Waals surface area contributed by atoms with Crippen molar-refractivity contribution in [3.63, 3.8) is 0 Å². The van der Waals surface area contributed by atoms with E-state index in [2.05, 4.69) is 0 Å². The Bertz CT molecular complexity index is 674. The van der Waals surface area contributed by atoms with Crippen molar-refractivity contribution < 1.29 is 28.2 Å². The fourth-order valence-corrected chi connectivity index (χ4v) is 2.66. The number of halogens is 2. The predicted molar refractivity (Wildman–Crippen MR) is 90.0 cm³/mol. The molecule has 1 aromatic carbocycles. The molecule has 136 valence electrons. The van der Waals surface area contributed by atoms with Crippen LogP contribution < -0.4 is 4.74 Å². The van der Waals surface area contributed by atoms with Gasteiger partial charge in [-0.3, -0.25) is 0 Å². The summed E-state index contributed by atoms with van der Waals surface area (Å²) < 4.78 is 39.5. The van der Waals surface area contributed by atoms with Crippen LogP contribution in [0.25, 0.3) is 0 Å². The second kappa shape index (κ2) is 8.76. The lowest BCUT2D eigenvalue weighted by Crippen LogP contribution is -2.16. The van der Waals surface area contributed by atoms with Crippen LogP contribution in [0.2, 0.25) is 0 Å². The molecule has 6 heteroatoms. The lowest BCUT2D eigenvalue weighted by atomic mass is 9.94. The maximum Gasteiger partial charge on any atom is 0.328 e. The normalized spacial score (nSPS) is 18.3. The largest absolute Gasteiger partial charge is 0.488 e. The van der Waals surface area contributed by atoms with Crippen LogP contribution in [0.3, 0.4) is 0 Å². The number of carboxylic acid groups (broad SMARTS) is 1. The molecular formula is C19H22F2O4. The van der Waals surface area contributed by atoms with E-state index in [0.29, 0.717) is 24.5 Å². The minimum atomic E-state index is -1.17. The molecule has 0 aliphatic carbocycles. The smallest absolute Gasteiger partial charge is 0.328 e. The molecule has 0 bridgehead atoms. The molecule has 1 atom stereocenters. The Morgan fingerprint density at radius 3 is 2.84 bits per heavy atom. The summed E-state index contributed by atoms with van der Waals surface area (Å²) in [6.07, 6.45) is 3.35. The summed E-state index contributed by atoms with van der Waals surface area (Å²) in [5, 5.41) is 8.50. The maximum absolute atomic E-state index is 14.5. The average Bonchev–Trinajstić information content (AvgIpc) is 3.02. The van der Waals surface area contributed by atoms with Gasteiger partial charge in [-0.25, -0.2) is 13.6 Å². The van der Waals surface area contributed by atoms with Crippen LogP contribution in [0, 0.1) is 5.82 Å². The lowest BCUT2D eigenvalue weighted by Gasteiger charge is -2.18. The van der Waals surface area contributed by atoms with Gasteiger partial charge in [-0.05, 0) is 29.2 Å². The molecule has 0 radical (unpaired) electrons. The highest BCUT2D eigenvalue weighted by Gasteiger charge is 2.20. The third-order valence-corrected chi connectivity index (χ3v) is 3.88. The van der Waals surface area contributed by atoms with Crippen LogP contribution in [-0.4, -0.2) is 30.4 Å². The number of hydrogen-bond donors (Lipinski definition) is 1. The van der Waals surface area contributed by atoms with E-state index in [1.165, 1.54) is 6.07 Å². The first-order chi connectivity index (χ1) is 11.9. The van der Waals surface area contributed by atoms with Gasteiger partial charge in [0.15, 0.2) is 0 Å². The standard InChI is InChI=1S/C19H22F2O4/c1-12(2)16-9-15(25-14-6-7-24-11-14)10-18(21)17(16)8-13(20)4-3-5-19(22)23/h3-5,9-10,12,14H,6-8,11H2,1-2H3,(H,22,23)/b5-3+,13-4+. The molecule has 1 saturated heterocycles. The van der Waals surface area contributed by atoms with Crippen molar-refractivity contribution in [1.29, 1.82) is 0 Å². The number of allylic oxidation sites excluding steroid dienone is 3. The quantitative estimate of drug-likeness (QED) is 0.591.